The topological polar surface area (TPSA) is 56.0 Å². The molecular formula is C14H18N2O. The number of nitriles is 1. The van der Waals surface area contributed by atoms with Gasteiger partial charge in [0.2, 0.25) is 0 Å². The van der Waals surface area contributed by atoms with Gasteiger partial charge in [-0.15, -0.1) is 0 Å². The lowest BCUT2D eigenvalue weighted by Gasteiger charge is -2.12. The maximum absolute atomic E-state index is 9.94. The van der Waals surface area contributed by atoms with Crippen LogP contribution >= 0.6 is 0 Å². The standard InChI is InChI=1S/C14H18N2O/c1-10-6-13(10)8-16-9-14(17)12-4-2-11(7-15)3-5-12/h2-5,10,13-14,16-17H,6,8-9H2,1H3. The van der Waals surface area contributed by atoms with Gasteiger partial charge < -0.3 is 10.4 Å². The second kappa shape index (κ2) is 5.31. The first-order chi connectivity index (χ1) is 8.20. The van der Waals surface area contributed by atoms with Gasteiger partial charge in [0.1, 0.15) is 0 Å². The Bertz CT molecular complexity index is 407. The molecule has 0 aromatic heterocycles. The number of benzene rings is 1. The molecule has 1 aliphatic carbocycles. The summed E-state index contributed by atoms with van der Waals surface area (Å²) >= 11 is 0. The van der Waals surface area contributed by atoms with Crippen LogP contribution < -0.4 is 5.32 Å². The lowest BCUT2D eigenvalue weighted by molar-refractivity contribution is 0.174. The molecule has 3 unspecified atom stereocenters. The van der Waals surface area contributed by atoms with Crippen molar-refractivity contribution in [3.63, 3.8) is 0 Å². The van der Waals surface area contributed by atoms with Gasteiger partial charge in [0.25, 0.3) is 0 Å². The molecule has 2 rings (SSSR count). The normalized spacial score (nSPS) is 24.1. The quantitative estimate of drug-likeness (QED) is 0.811. The van der Waals surface area contributed by atoms with Crippen molar-refractivity contribution < 1.29 is 5.11 Å². The highest BCUT2D eigenvalue weighted by Gasteiger charge is 2.31. The molecule has 1 fully saturated rings. The van der Waals surface area contributed by atoms with E-state index in [9.17, 15) is 5.11 Å². The van der Waals surface area contributed by atoms with Crippen LogP contribution in [0.15, 0.2) is 24.3 Å². The fourth-order valence-electron chi connectivity index (χ4n) is 1.99. The van der Waals surface area contributed by atoms with E-state index in [0.29, 0.717) is 12.1 Å². The van der Waals surface area contributed by atoms with Crippen molar-refractivity contribution in [2.45, 2.75) is 19.4 Å². The molecule has 0 radical (unpaired) electrons. The van der Waals surface area contributed by atoms with Gasteiger partial charge in [-0.3, -0.25) is 0 Å². The Kier molecular flexibility index (Phi) is 3.78. The summed E-state index contributed by atoms with van der Waals surface area (Å²) in [6.07, 6.45) is 0.816. The van der Waals surface area contributed by atoms with E-state index >= 15 is 0 Å². The van der Waals surface area contributed by atoms with Crippen LogP contribution in [0.25, 0.3) is 0 Å². The maximum Gasteiger partial charge on any atom is 0.0991 e. The summed E-state index contributed by atoms with van der Waals surface area (Å²) in [6, 6.07) is 9.16. The minimum absolute atomic E-state index is 0.489. The summed E-state index contributed by atoms with van der Waals surface area (Å²) in [4.78, 5) is 0. The summed E-state index contributed by atoms with van der Waals surface area (Å²) in [7, 11) is 0. The molecule has 3 atom stereocenters. The van der Waals surface area contributed by atoms with Gasteiger partial charge in [-0.05, 0) is 42.5 Å². The van der Waals surface area contributed by atoms with Crippen LogP contribution in [-0.4, -0.2) is 18.2 Å². The van der Waals surface area contributed by atoms with E-state index in [4.69, 9.17) is 5.26 Å². The SMILES string of the molecule is CC1CC1CNCC(O)c1ccc(C#N)cc1. The molecule has 0 aliphatic heterocycles. The van der Waals surface area contributed by atoms with E-state index in [0.717, 1.165) is 23.9 Å². The summed E-state index contributed by atoms with van der Waals surface area (Å²) in [6.45, 7) is 3.83. The second-order valence-corrected chi connectivity index (χ2v) is 4.88. The monoisotopic (exact) mass is 230 g/mol. The van der Waals surface area contributed by atoms with Crippen molar-refractivity contribution in [1.29, 1.82) is 5.26 Å². The minimum atomic E-state index is -0.489. The molecule has 17 heavy (non-hydrogen) atoms. The smallest absolute Gasteiger partial charge is 0.0991 e. The predicted octanol–water partition coefficient (Wildman–Crippen LogP) is 1.84. The number of hydrogen-bond donors (Lipinski definition) is 2. The van der Waals surface area contributed by atoms with Crippen LogP contribution in [0.2, 0.25) is 0 Å². The number of nitrogens with one attached hydrogen (secondary N) is 1. The molecule has 1 saturated carbocycles. The fourth-order valence-corrected chi connectivity index (χ4v) is 1.99. The molecule has 0 bridgehead atoms. The number of aliphatic hydroxyl groups is 1. The Balaban J connectivity index is 1.78. The van der Waals surface area contributed by atoms with Crippen LogP contribution in [0.3, 0.4) is 0 Å². The van der Waals surface area contributed by atoms with Crippen LogP contribution in [-0.2, 0) is 0 Å². The van der Waals surface area contributed by atoms with E-state index in [1.165, 1.54) is 6.42 Å². The van der Waals surface area contributed by atoms with E-state index in [-0.39, 0.29) is 0 Å². The number of hydrogen-bond acceptors (Lipinski definition) is 3. The second-order valence-electron chi connectivity index (χ2n) is 4.88. The van der Waals surface area contributed by atoms with Crippen molar-refractivity contribution in [2.24, 2.45) is 11.8 Å². The summed E-state index contributed by atoms with van der Waals surface area (Å²) < 4.78 is 0. The van der Waals surface area contributed by atoms with Crippen molar-refractivity contribution in [3.05, 3.63) is 35.4 Å². The van der Waals surface area contributed by atoms with Gasteiger partial charge in [0.15, 0.2) is 0 Å². The largest absolute Gasteiger partial charge is 0.387 e. The van der Waals surface area contributed by atoms with Crippen molar-refractivity contribution in [2.75, 3.05) is 13.1 Å². The predicted molar refractivity (Wildman–Crippen MR) is 66.3 cm³/mol. The van der Waals surface area contributed by atoms with E-state index in [1.807, 2.05) is 12.1 Å². The highest BCUT2D eigenvalue weighted by Crippen LogP contribution is 2.36. The third-order valence-corrected chi connectivity index (χ3v) is 3.44. The Hall–Kier alpha value is -1.37. The number of nitrogens with zero attached hydrogens (tertiary/aromatic N) is 1. The van der Waals surface area contributed by atoms with Crippen LogP contribution in [0.5, 0.6) is 0 Å². The van der Waals surface area contributed by atoms with Crippen molar-refractivity contribution in [1.82, 2.24) is 5.32 Å². The van der Waals surface area contributed by atoms with E-state index in [1.54, 1.807) is 12.1 Å². The Morgan fingerprint density at radius 1 is 1.47 bits per heavy atom. The Labute approximate surface area is 102 Å². The van der Waals surface area contributed by atoms with Crippen LogP contribution in [0.4, 0.5) is 0 Å². The zero-order valence-corrected chi connectivity index (χ0v) is 10.1. The molecule has 3 heteroatoms. The van der Waals surface area contributed by atoms with Gasteiger partial charge in [-0.2, -0.15) is 5.26 Å². The lowest BCUT2D eigenvalue weighted by atomic mass is 10.1. The number of rotatable bonds is 5. The van der Waals surface area contributed by atoms with E-state index < -0.39 is 6.10 Å². The first-order valence-electron chi connectivity index (χ1n) is 6.09. The van der Waals surface area contributed by atoms with Gasteiger partial charge in [0.05, 0.1) is 17.7 Å². The molecule has 0 spiro atoms. The molecule has 1 aromatic rings. The Morgan fingerprint density at radius 2 is 2.12 bits per heavy atom. The highest BCUT2D eigenvalue weighted by atomic mass is 16.3. The fraction of sp³-hybridized carbons (Fsp3) is 0.500. The lowest BCUT2D eigenvalue weighted by Crippen LogP contribution is -2.23. The average molecular weight is 230 g/mol. The van der Waals surface area contributed by atoms with Gasteiger partial charge in [-0.25, -0.2) is 0 Å². The first kappa shape index (κ1) is 12.1. The van der Waals surface area contributed by atoms with Crippen LogP contribution in [0.1, 0.15) is 30.6 Å². The summed E-state index contributed by atoms with van der Waals surface area (Å²) in [5.74, 6) is 1.64. The van der Waals surface area contributed by atoms with Gasteiger partial charge >= 0.3 is 0 Å². The molecular weight excluding hydrogens is 212 g/mol. The zero-order chi connectivity index (χ0) is 12.3. The molecule has 90 valence electrons. The Morgan fingerprint density at radius 3 is 2.65 bits per heavy atom. The molecule has 1 aromatic carbocycles. The summed E-state index contributed by atoms with van der Waals surface area (Å²) in [5.41, 5.74) is 1.49. The third-order valence-electron chi connectivity index (χ3n) is 3.44. The van der Waals surface area contributed by atoms with E-state index in [2.05, 4.69) is 18.3 Å². The first-order valence-corrected chi connectivity index (χ1v) is 6.09. The van der Waals surface area contributed by atoms with Crippen LogP contribution in [0, 0.1) is 23.2 Å². The van der Waals surface area contributed by atoms with Gasteiger partial charge in [0, 0.05) is 6.54 Å². The molecule has 1 aliphatic rings. The average Bonchev–Trinajstić information content (AvgIpc) is 3.05. The maximum atomic E-state index is 9.94. The minimum Gasteiger partial charge on any atom is -0.387 e. The molecule has 3 nitrogen and oxygen atoms in total. The highest BCUT2D eigenvalue weighted by molar-refractivity contribution is 5.32. The molecule has 2 N–H and O–H groups in total. The third kappa shape index (κ3) is 3.29. The zero-order valence-electron chi connectivity index (χ0n) is 10.1. The number of aliphatic hydroxyl groups excluding tert-OH is 1. The van der Waals surface area contributed by atoms with Crippen molar-refractivity contribution >= 4 is 0 Å². The summed E-state index contributed by atoms with van der Waals surface area (Å²) in [5, 5.41) is 21.9. The molecule has 0 heterocycles. The molecule has 0 amide bonds. The van der Waals surface area contributed by atoms with Gasteiger partial charge in [-0.1, -0.05) is 19.1 Å². The van der Waals surface area contributed by atoms with Crippen molar-refractivity contribution in [3.8, 4) is 6.07 Å². The molecule has 0 saturated heterocycles.